The van der Waals surface area contributed by atoms with Crippen LogP contribution in [0.4, 0.5) is 5.69 Å². The Morgan fingerprint density at radius 2 is 2.18 bits per heavy atom. The highest BCUT2D eigenvalue weighted by atomic mass is 32.2. The first kappa shape index (κ1) is 13.9. The van der Waals surface area contributed by atoms with Gasteiger partial charge in [0, 0.05) is 19.8 Å². The molecule has 94 valence electrons. The minimum atomic E-state index is -2.95. The molecule has 0 spiro atoms. The Labute approximate surface area is 107 Å². The van der Waals surface area contributed by atoms with E-state index >= 15 is 0 Å². The summed E-state index contributed by atoms with van der Waals surface area (Å²) in [6.07, 6.45) is 2.84. The van der Waals surface area contributed by atoms with Gasteiger partial charge in [0.1, 0.15) is 14.8 Å². The zero-order valence-corrected chi connectivity index (χ0v) is 11.4. The average Bonchev–Trinajstić information content (AvgIpc) is 2.25. The molecule has 0 radical (unpaired) electrons. The summed E-state index contributed by atoms with van der Waals surface area (Å²) < 4.78 is 22.1. The van der Waals surface area contributed by atoms with Crippen molar-refractivity contribution in [3.63, 3.8) is 0 Å². The number of rotatable bonds is 5. The van der Waals surface area contributed by atoms with E-state index in [2.05, 4.69) is 4.98 Å². The van der Waals surface area contributed by atoms with Crippen LogP contribution in [-0.2, 0) is 9.84 Å². The van der Waals surface area contributed by atoms with Crippen molar-refractivity contribution in [3.05, 3.63) is 24.0 Å². The highest BCUT2D eigenvalue weighted by Crippen LogP contribution is 2.11. The quantitative estimate of drug-likeness (QED) is 0.772. The van der Waals surface area contributed by atoms with E-state index in [0.717, 1.165) is 5.69 Å². The van der Waals surface area contributed by atoms with Crippen LogP contribution in [0.25, 0.3) is 0 Å². The number of thiocarbonyl (C=S) groups is 1. The van der Waals surface area contributed by atoms with Gasteiger partial charge in [-0.1, -0.05) is 12.2 Å². The van der Waals surface area contributed by atoms with Gasteiger partial charge >= 0.3 is 0 Å². The molecule has 1 rings (SSSR count). The van der Waals surface area contributed by atoms with Crippen molar-refractivity contribution in [1.29, 1.82) is 0 Å². The van der Waals surface area contributed by atoms with Gasteiger partial charge in [-0.05, 0) is 12.1 Å². The molecule has 0 aliphatic rings. The first-order valence-electron chi connectivity index (χ1n) is 4.94. The highest BCUT2D eigenvalue weighted by Gasteiger charge is 2.07. The number of nitrogens with two attached hydrogens (primary N) is 1. The maximum Gasteiger partial charge on any atom is 0.149 e. The number of hydrogen-bond acceptors (Lipinski definition) is 5. The number of hydrogen-bond donors (Lipinski definition) is 1. The lowest BCUT2D eigenvalue weighted by Crippen LogP contribution is -2.25. The Bertz CT molecular complexity index is 497. The van der Waals surface area contributed by atoms with Crippen LogP contribution in [0.3, 0.4) is 0 Å². The summed E-state index contributed by atoms with van der Waals surface area (Å²) in [7, 11) is -1.14. The van der Waals surface area contributed by atoms with E-state index in [1.807, 2.05) is 18.0 Å². The lowest BCUT2D eigenvalue weighted by molar-refractivity contribution is 0.601. The second-order valence-corrected chi connectivity index (χ2v) is 6.52. The zero-order chi connectivity index (χ0) is 13.1. The van der Waals surface area contributed by atoms with Crippen molar-refractivity contribution in [2.24, 2.45) is 5.73 Å². The molecule has 1 heterocycles. The van der Waals surface area contributed by atoms with Crippen LogP contribution in [0.5, 0.6) is 0 Å². The van der Waals surface area contributed by atoms with Gasteiger partial charge in [0.25, 0.3) is 0 Å². The van der Waals surface area contributed by atoms with Gasteiger partial charge in [0.2, 0.25) is 0 Å². The predicted molar refractivity (Wildman–Crippen MR) is 73.1 cm³/mol. The molecule has 17 heavy (non-hydrogen) atoms. The van der Waals surface area contributed by atoms with E-state index in [1.165, 1.54) is 6.26 Å². The number of nitrogens with zero attached hydrogens (tertiary/aromatic N) is 2. The van der Waals surface area contributed by atoms with Gasteiger partial charge in [-0.3, -0.25) is 4.98 Å². The number of sulfone groups is 1. The number of anilines is 1. The fourth-order valence-corrected chi connectivity index (χ4v) is 1.92. The molecule has 0 aromatic carbocycles. The first-order chi connectivity index (χ1) is 7.79. The molecule has 2 N–H and O–H groups in total. The third-order valence-corrected chi connectivity index (χ3v) is 3.37. The summed E-state index contributed by atoms with van der Waals surface area (Å²) in [5, 5.41) is 0. The van der Waals surface area contributed by atoms with Gasteiger partial charge in [-0.15, -0.1) is 0 Å². The Morgan fingerprint density at radius 3 is 2.59 bits per heavy atom. The third-order valence-electron chi connectivity index (χ3n) is 2.24. The van der Waals surface area contributed by atoms with Crippen molar-refractivity contribution >= 4 is 32.7 Å². The van der Waals surface area contributed by atoms with Gasteiger partial charge in [-0.2, -0.15) is 0 Å². The van der Waals surface area contributed by atoms with Gasteiger partial charge < -0.3 is 10.6 Å². The molecule has 0 fully saturated rings. The van der Waals surface area contributed by atoms with Crippen LogP contribution in [0, 0.1) is 0 Å². The van der Waals surface area contributed by atoms with Gasteiger partial charge in [0.05, 0.1) is 23.3 Å². The Hall–Kier alpha value is -1.21. The summed E-state index contributed by atoms with van der Waals surface area (Å²) in [5.41, 5.74) is 6.81. The Morgan fingerprint density at radius 1 is 1.53 bits per heavy atom. The Kier molecular flexibility index (Phi) is 4.41. The molecule has 0 atom stereocenters. The molecule has 5 nitrogen and oxygen atoms in total. The monoisotopic (exact) mass is 273 g/mol. The van der Waals surface area contributed by atoms with Crippen molar-refractivity contribution in [1.82, 2.24) is 4.98 Å². The van der Waals surface area contributed by atoms with Crippen LogP contribution in [0.1, 0.15) is 5.69 Å². The first-order valence-corrected chi connectivity index (χ1v) is 7.41. The SMILES string of the molecule is CN(CCS(C)(=O)=O)c1ccc(C(N)=S)nc1. The second-order valence-electron chi connectivity index (χ2n) is 3.82. The maximum absolute atomic E-state index is 11.0. The minimum Gasteiger partial charge on any atom is -0.388 e. The van der Waals surface area contributed by atoms with Crippen LogP contribution in [-0.4, -0.2) is 44.0 Å². The fourth-order valence-electron chi connectivity index (χ4n) is 1.19. The molecule has 0 aliphatic heterocycles. The van der Waals surface area contributed by atoms with E-state index < -0.39 is 9.84 Å². The van der Waals surface area contributed by atoms with Gasteiger partial charge in [-0.25, -0.2) is 8.42 Å². The summed E-state index contributed by atoms with van der Waals surface area (Å²) >= 11 is 4.79. The summed E-state index contributed by atoms with van der Waals surface area (Å²) in [6.45, 7) is 0.424. The molecule has 0 saturated carbocycles. The number of pyridine rings is 1. The second kappa shape index (κ2) is 5.42. The highest BCUT2D eigenvalue weighted by molar-refractivity contribution is 7.90. The largest absolute Gasteiger partial charge is 0.388 e. The molecule has 0 amide bonds. The van der Waals surface area contributed by atoms with Gasteiger partial charge in [0.15, 0.2) is 0 Å². The van der Waals surface area contributed by atoms with Crippen LogP contribution in [0.15, 0.2) is 18.3 Å². The molecule has 1 aromatic rings. The van der Waals surface area contributed by atoms with E-state index in [1.54, 1.807) is 12.3 Å². The van der Waals surface area contributed by atoms with Crippen LogP contribution >= 0.6 is 12.2 Å². The van der Waals surface area contributed by atoms with E-state index in [0.29, 0.717) is 12.2 Å². The van der Waals surface area contributed by atoms with Crippen LogP contribution < -0.4 is 10.6 Å². The lowest BCUT2D eigenvalue weighted by atomic mass is 10.3. The topological polar surface area (TPSA) is 76.3 Å². The van der Waals surface area contributed by atoms with Crippen LogP contribution in [0.2, 0.25) is 0 Å². The average molecular weight is 273 g/mol. The Balaban J connectivity index is 2.70. The summed E-state index contributed by atoms with van der Waals surface area (Å²) in [5.74, 6) is 0.112. The molecule has 0 aliphatic carbocycles. The molecule has 0 bridgehead atoms. The molecule has 1 aromatic heterocycles. The lowest BCUT2D eigenvalue weighted by Gasteiger charge is -2.18. The molecule has 0 saturated heterocycles. The minimum absolute atomic E-state index is 0.112. The third kappa shape index (κ3) is 4.66. The predicted octanol–water partition coefficient (Wildman–Crippen LogP) is 0.197. The fraction of sp³-hybridized carbons (Fsp3) is 0.400. The molecule has 0 unspecified atom stereocenters. The smallest absolute Gasteiger partial charge is 0.149 e. The van der Waals surface area contributed by atoms with Crippen molar-refractivity contribution in [3.8, 4) is 0 Å². The van der Waals surface area contributed by atoms with E-state index in [4.69, 9.17) is 18.0 Å². The molecular formula is C10H15N3O2S2. The summed E-state index contributed by atoms with van der Waals surface area (Å²) in [6, 6.07) is 3.53. The number of aromatic nitrogens is 1. The normalized spacial score (nSPS) is 11.2. The van der Waals surface area contributed by atoms with E-state index in [-0.39, 0.29) is 10.7 Å². The van der Waals surface area contributed by atoms with Crippen molar-refractivity contribution in [2.75, 3.05) is 30.5 Å². The maximum atomic E-state index is 11.0. The summed E-state index contributed by atoms with van der Waals surface area (Å²) in [4.78, 5) is 6.15. The van der Waals surface area contributed by atoms with E-state index in [9.17, 15) is 8.42 Å². The zero-order valence-electron chi connectivity index (χ0n) is 9.75. The standard InChI is InChI=1S/C10H15N3O2S2/c1-13(5-6-17(2,14)15)8-3-4-9(10(11)16)12-7-8/h3-4,7H,5-6H2,1-2H3,(H2,11,16). The van der Waals surface area contributed by atoms with Crippen molar-refractivity contribution < 1.29 is 8.42 Å². The molecule has 7 heteroatoms. The van der Waals surface area contributed by atoms with Crippen molar-refractivity contribution in [2.45, 2.75) is 0 Å². The molecular weight excluding hydrogens is 258 g/mol.